The van der Waals surface area contributed by atoms with E-state index in [2.05, 4.69) is 5.43 Å². The summed E-state index contributed by atoms with van der Waals surface area (Å²) in [6, 6.07) is 6.98. The Hall–Kier alpha value is -1.59. The number of likely N-dealkylation sites (tertiary alicyclic amines) is 1. The van der Waals surface area contributed by atoms with Crippen LogP contribution in [0.1, 0.15) is 23.2 Å². The molecule has 1 amide bonds. The van der Waals surface area contributed by atoms with E-state index >= 15 is 0 Å². The molecule has 2 rings (SSSR count). The molecular weight excluding hydrogens is 218 g/mol. The van der Waals surface area contributed by atoms with Crippen molar-refractivity contribution in [2.75, 3.05) is 18.5 Å². The molecule has 5 heteroatoms. The van der Waals surface area contributed by atoms with E-state index in [9.17, 15) is 9.90 Å². The summed E-state index contributed by atoms with van der Waals surface area (Å²) in [5, 5.41) is 9.54. The van der Waals surface area contributed by atoms with Gasteiger partial charge >= 0.3 is 0 Å². The summed E-state index contributed by atoms with van der Waals surface area (Å²) in [5.74, 6) is 5.22. The smallest absolute Gasteiger partial charge is 0.253 e. The van der Waals surface area contributed by atoms with Gasteiger partial charge < -0.3 is 15.4 Å². The Morgan fingerprint density at radius 1 is 1.41 bits per heavy atom. The van der Waals surface area contributed by atoms with E-state index in [-0.39, 0.29) is 5.91 Å². The number of anilines is 1. The first kappa shape index (κ1) is 11.9. The number of nitrogens with one attached hydrogen (secondary N) is 1. The van der Waals surface area contributed by atoms with Crippen molar-refractivity contribution in [2.24, 2.45) is 5.84 Å². The van der Waals surface area contributed by atoms with Crippen LogP contribution < -0.4 is 11.3 Å². The quantitative estimate of drug-likeness (QED) is 0.517. The first-order valence-corrected chi connectivity index (χ1v) is 5.74. The van der Waals surface area contributed by atoms with Crippen molar-refractivity contribution >= 4 is 11.6 Å². The van der Waals surface area contributed by atoms with Crippen molar-refractivity contribution in [2.45, 2.75) is 18.9 Å². The molecule has 5 nitrogen and oxygen atoms in total. The third kappa shape index (κ3) is 2.75. The number of nitrogen functional groups attached to an aromatic ring is 1. The molecule has 1 aliphatic rings. The predicted molar refractivity (Wildman–Crippen MR) is 65.4 cm³/mol. The molecule has 1 fully saturated rings. The highest BCUT2D eigenvalue weighted by Crippen LogP contribution is 2.15. The van der Waals surface area contributed by atoms with Crippen LogP contribution in [0.25, 0.3) is 0 Å². The normalized spacial score (nSPS) is 20.1. The van der Waals surface area contributed by atoms with Crippen molar-refractivity contribution in [3.63, 3.8) is 0 Å². The average Bonchev–Trinajstić information content (AvgIpc) is 2.38. The molecule has 17 heavy (non-hydrogen) atoms. The number of β-amino-alcohol motifs (C(OH)–C–C–N with tert-alkyl or cyclic N) is 1. The second-order valence-electron chi connectivity index (χ2n) is 4.27. The number of hydrazine groups is 1. The molecule has 92 valence electrons. The molecule has 4 N–H and O–H groups in total. The standard InChI is InChI=1S/C12H17N3O2/c13-14-10-5-3-9(4-6-10)12(17)15-7-1-2-11(16)8-15/h3-6,11,14,16H,1-2,7-8,13H2. The Bertz CT molecular complexity index is 391. The van der Waals surface area contributed by atoms with Crippen LogP contribution in [0.3, 0.4) is 0 Å². The van der Waals surface area contributed by atoms with Crippen LogP contribution in [-0.4, -0.2) is 35.1 Å². The van der Waals surface area contributed by atoms with E-state index in [4.69, 9.17) is 5.84 Å². The number of carbonyl (C=O) groups excluding carboxylic acids is 1. The van der Waals surface area contributed by atoms with Gasteiger partial charge in [0.15, 0.2) is 0 Å². The summed E-state index contributed by atoms with van der Waals surface area (Å²) >= 11 is 0. The van der Waals surface area contributed by atoms with E-state index in [0.717, 1.165) is 18.5 Å². The maximum atomic E-state index is 12.1. The van der Waals surface area contributed by atoms with Gasteiger partial charge in [-0.3, -0.25) is 10.6 Å². The second kappa shape index (κ2) is 5.16. The number of hydrogen-bond acceptors (Lipinski definition) is 4. The fourth-order valence-electron chi connectivity index (χ4n) is 2.03. The van der Waals surface area contributed by atoms with Crippen molar-refractivity contribution in [3.05, 3.63) is 29.8 Å². The van der Waals surface area contributed by atoms with Gasteiger partial charge in [0.05, 0.1) is 6.10 Å². The molecule has 1 saturated heterocycles. The summed E-state index contributed by atoms with van der Waals surface area (Å²) in [7, 11) is 0. The first-order chi connectivity index (χ1) is 8.20. The molecule has 1 aliphatic heterocycles. The van der Waals surface area contributed by atoms with Gasteiger partial charge in [0.1, 0.15) is 0 Å². The predicted octanol–water partition coefficient (Wildman–Crippen LogP) is 0.569. The van der Waals surface area contributed by atoms with Crippen LogP contribution in [0.4, 0.5) is 5.69 Å². The molecule has 1 atom stereocenters. The Kier molecular flexibility index (Phi) is 3.61. The fourth-order valence-corrected chi connectivity index (χ4v) is 2.03. The number of rotatable bonds is 2. The number of piperidine rings is 1. The van der Waals surface area contributed by atoms with Gasteiger partial charge in [-0.25, -0.2) is 0 Å². The number of benzene rings is 1. The number of hydrogen-bond donors (Lipinski definition) is 3. The van der Waals surface area contributed by atoms with Crippen LogP contribution in [0.15, 0.2) is 24.3 Å². The van der Waals surface area contributed by atoms with Gasteiger partial charge in [0, 0.05) is 24.3 Å². The summed E-state index contributed by atoms with van der Waals surface area (Å²) < 4.78 is 0. The third-order valence-electron chi connectivity index (χ3n) is 2.98. The minimum Gasteiger partial charge on any atom is -0.391 e. The Morgan fingerprint density at radius 3 is 2.71 bits per heavy atom. The van der Waals surface area contributed by atoms with E-state index < -0.39 is 6.10 Å². The summed E-state index contributed by atoms with van der Waals surface area (Å²) in [6.07, 6.45) is 1.24. The lowest BCUT2D eigenvalue weighted by Crippen LogP contribution is -2.42. The molecule has 0 saturated carbocycles. The number of amides is 1. The van der Waals surface area contributed by atoms with Crippen molar-refractivity contribution in [1.29, 1.82) is 0 Å². The highest BCUT2D eigenvalue weighted by Gasteiger charge is 2.22. The topological polar surface area (TPSA) is 78.6 Å². The molecule has 0 radical (unpaired) electrons. The average molecular weight is 235 g/mol. The maximum absolute atomic E-state index is 12.1. The molecule has 1 aromatic rings. The monoisotopic (exact) mass is 235 g/mol. The Balaban J connectivity index is 2.07. The molecular formula is C12H17N3O2. The van der Waals surface area contributed by atoms with E-state index in [1.165, 1.54) is 0 Å². The lowest BCUT2D eigenvalue weighted by molar-refractivity contribution is 0.0474. The second-order valence-corrected chi connectivity index (χ2v) is 4.27. The molecule has 1 heterocycles. The molecule has 1 unspecified atom stereocenters. The Morgan fingerprint density at radius 2 is 2.12 bits per heavy atom. The van der Waals surface area contributed by atoms with E-state index in [1.54, 1.807) is 29.2 Å². The number of carbonyl (C=O) groups is 1. The Labute approximate surface area is 100 Å². The van der Waals surface area contributed by atoms with Gasteiger partial charge in [0.25, 0.3) is 5.91 Å². The van der Waals surface area contributed by atoms with E-state index in [0.29, 0.717) is 18.7 Å². The fraction of sp³-hybridized carbons (Fsp3) is 0.417. The van der Waals surface area contributed by atoms with E-state index in [1.807, 2.05) is 0 Å². The number of nitrogens with zero attached hydrogens (tertiary/aromatic N) is 1. The highest BCUT2D eigenvalue weighted by molar-refractivity contribution is 5.94. The van der Waals surface area contributed by atoms with Gasteiger partial charge in [0.2, 0.25) is 0 Å². The molecule has 0 aromatic heterocycles. The van der Waals surface area contributed by atoms with Crippen molar-refractivity contribution < 1.29 is 9.90 Å². The molecule has 0 aliphatic carbocycles. The highest BCUT2D eigenvalue weighted by atomic mass is 16.3. The summed E-state index contributed by atoms with van der Waals surface area (Å²) in [6.45, 7) is 1.14. The van der Waals surface area contributed by atoms with Gasteiger partial charge in [-0.1, -0.05) is 0 Å². The van der Waals surface area contributed by atoms with Crippen LogP contribution in [-0.2, 0) is 0 Å². The first-order valence-electron chi connectivity index (χ1n) is 5.74. The van der Waals surface area contributed by atoms with Crippen LogP contribution in [0.5, 0.6) is 0 Å². The third-order valence-corrected chi connectivity index (χ3v) is 2.98. The van der Waals surface area contributed by atoms with Crippen LogP contribution >= 0.6 is 0 Å². The van der Waals surface area contributed by atoms with Gasteiger partial charge in [-0.15, -0.1) is 0 Å². The van der Waals surface area contributed by atoms with Gasteiger partial charge in [-0.05, 0) is 37.1 Å². The van der Waals surface area contributed by atoms with Crippen LogP contribution in [0.2, 0.25) is 0 Å². The summed E-state index contributed by atoms with van der Waals surface area (Å²) in [5.41, 5.74) is 3.90. The number of nitrogens with two attached hydrogens (primary N) is 1. The zero-order valence-corrected chi connectivity index (χ0v) is 9.60. The van der Waals surface area contributed by atoms with Gasteiger partial charge in [-0.2, -0.15) is 0 Å². The minimum atomic E-state index is -0.391. The zero-order chi connectivity index (χ0) is 12.3. The lowest BCUT2D eigenvalue weighted by Gasteiger charge is -2.30. The molecule has 0 spiro atoms. The number of aliphatic hydroxyl groups is 1. The maximum Gasteiger partial charge on any atom is 0.253 e. The molecule has 1 aromatic carbocycles. The largest absolute Gasteiger partial charge is 0.391 e. The van der Waals surface area contributed by atoms with Crippen molar-refractivity contribution in [1.82, 2.24) is 4.90 Å². The SMILES string of the molecule is NNc1ccc(C(=O)N2CCCC(O)C2)cc1. The zero-order valence-electron chi connectivity index (χ0n) is 9.60. The molecule has 0 bridgehead atoms. The minimum absolute atomic E-state index is 0.0349. The van der Waals surface area contributed by atoms with Crippen LogP contribution in [0, 0.1) is 0 Å². The summed E-state index contributed by atoms with van der Waals surface area (Å²) in [4.78, 5) is 13.8. The lowest BCUT2D eigenvalue weighted by atomic mass is 10.1. The van der Waals surface area contributed by atoms with Crippen molar-refractivity contribution in [3.8, 4) is 0 Å². The number of aliphatic hydroxyl groups excluding tert-OH is 1.